The van der Waals surface area contributed by atoms with Gasteiger partial charge < -0.3 is 10.6 Å². The highest BCUT2D eigenvalue weighted by Crippen LogP contribution is 2.27. The van der Waals surface area contributed by atoms with Crippen LogP contribution >= 0.6 is 15.9 Å². The van der Waals surface area contributed by atoms with Gasteiger partial charge in [0.2, 0.25) is 0 Å². The lowest BCUT2D eigenvalue weighted by Crippen LogP contribution is -2.34. The third kappa shape index (κ3) is 2.10. The summed E-state index contributed by atoms with van der Waals surface area (Å²) in [5, 5.41) is 6.75. The molecule has 0 radical (unpaired) electrons. The standard InChI is InChI=1S/C11H15BrN2/c1-13-7-10-5-3-8-2-4-9(12)6-11(8)14-10/h2,4,6,10,13-14H,3,5,7H2,1H3. The normalized spacial score (nSPS) is 20.0. The molecule has 0 spiro atoms. The molecule has 2 N–H and O–H groups in total. The minimum absolute atomic E-state index is 0.571. The molecule has 0 aromatic heterocycles. The minimum atomic E-state index is 0.571. The second kappa shape index (κ2) is 4.32. The van der Waals surface area contributed by atoms with Gasteiger partial charge in [-0.15, -0.1) is 0 Å². The average Bonchev–Trinajstić information content (AvgIpc) is 2.17. The van der Waals surface area contributed by atoms with Crippen molar-refractivity contribution < 1.29 is 0 Å². The van der Waals surface area contributed by atoms with Crippen LogP contribution < -0.4 is 10.6 Å². The van der Waals surface area contributed by atoms with Crippen molar-refractivity contribution in [2.24, 2.45) is 0 Å². The molecule has 14 heavy (non-hydrogen) atoms. The van der Waals surface area contributed by atoms with Gasteiger partial charge in [0.05, 0.1) is 0 Å². The van der Waals surface area contributed by atoms with E-state index in [4.69, 9.17) is 0 Å². The third-order valence-electron chi connectivity index (χ3n) is 2.64. The van der Waals surface area contributed by atoms with E-state index >= 15 is 0 Å². The minimum Gasteiger partial charge on any atom is -0.381 e. The van der Waals surface area contributed by atoms with Crippen LogP contribution in [-0.2, 0) is 6.42 Å². The second-order valence-electron chi connectivity index (χ2n) is 3.74. The number of benzene rings is 1. The summed E-state index contributed by atoms with van der Waals surface area (Å²) in [5.74, 6) is 0. The van der Waals surface area contributed by atoms with Crippen LogP contribution in [0.3, 0.4) is 0 Å². The summed E-state index contributed by atoms with van der Waals surface area (Å²) in [6.07, 6.45) is 2.40. The van der Waals surface area contributed by atoms with Crippen molar-refractivity contribution in [1.29, 1.82) is 0 Å². The molecule has 0 aliphatic carbocycles. The molecule has 1 heterocycles. The Morgan fingerprint density at radius 2 is 2.43 bits per heavy atom. The lowest BCUT2D eigenvalue weighted by Gasteiger charge is -2.27. The van der Waals surface area contributed by atoms with Crippen LogP contribution in [0.5, 0.6) is 0 Å². The van der Waals surface area contributed by atoms with Crippen molar-refractivity contribution in [3.63, 3.8) is 0 Å². The molecule has 0 fully saturated rings. The van der Waals surface area contributed by atoms with Crippen molar-refractivity contribution in [1.82, 2.24) is 5.32 Å². The highest BCUT2D eigenvalue weighted by Gasteiger charge is 2.16. The Kier molecular flexibility index (Phi) is 3.08. The predicted molar refractivity (Wildman–Crippen MR) is 63.8 cm³/mol. The lowest BCUT2D eigenvalue weighted by molar-refractivity contribution is 0.593. The maximum atomic E-state index is 3.55. The summed E-state index contributed by atoms with van der Waals surface area (Å²) in [7, 11) is 2.00. The Labute approximate surface area is 93.2 Å². The Bertz CT molecular complexity index is 325. The smallest absolute Gasteiger partial charge is 0.0389 e. The number of nitrogens with one attached hydrogen (secondary N) is 2. The molecule has 1 aromatic rings. The topological polar surface area (TPSA) is 24.1 Å². The van der Waals surface area contributed by atoms with E-state index in [9.17, 15) is 0 Å². The average molecular weight is 255 g/mol. The van der Waals surface area contributed by atoms with Crippen molar-refractivity contribution in [3.05, 3.63) is 28.2 Å². The van der Waals surface area contributed by atoms with Crippen LogP contribution in [0.15, 0.2) is 22.7 Å². The monoisotopic (exact) mass is 254 g/mol. The number of fused-ring (bicyclic) bond motifs is 1. The van der Waals surface area contributed by atoms with Crippen molar-refractivity contribution in [3.8, 4) is 0 Å². The molecule has 1 atom stereocenters. The van der Waals surface area contributed by atoms with Crippen molar-refractivity contribution >= 4 is 21.6 Å². The van der Waals surface area contributed by atoms with Crippen LogP contribution in [0, 0.1) is 0 Å². The Morgan fingerprint density at radius 3 is 3.21 bits per heavy atom. The molecule has 1 aliphatic heterocycles. The molecule has 3 heteroatoms. The van der Waals surface area contributed by atoms with Gasteiger partial charge in [0, 0.05) is 22.7 Å². The first-order valence-electron chi connectivity index (χ1n) is 4.99. The van der Waals surface area contributed by atoms with E-state index in [-0.39, 0.29) is 0 Å². The SMILES string of the molecule is CNCC1CCc2ccc(Br)cc2N1. The summed E-state index contributed by atoms with van der Waals surface area (Å²) in [6.45, 7) is 1.03. The molecule has 1 unspecified atom stereocenters. The summed E-state index contributed by atoms with van der Waals surface area (Å²) in [4.78, 5) is 0. The van der Waals surface area contributed by atoms with Gasteiger partial charge in [-0.2, -0.15) is 0 Å². The van der Waals surface area contributed by atoms with Crippen LogP contribution in [0.1, 0.15) is 12.0 Å². The predicted octanol–water partition coefficient (Wildman–Crippen LogP) is 2.40. The number of hydrogen-bond donors (Lipinski definition) is 2. The number of hydrogen-bond acceptors (Lipinski definition) is 2. The Hall–Kier alpha value is -0.540. The van der Waals surface area contributed by atoms with Crippen molar-refractivity contribution in [2.75, 3.05) is 18.9 Å². The van der Waals surface area contributed by atoms with Gasteiger partial charge in [-0.05, 0) is 37.6 Å². The fraction of sp³-hybridized carbons (Fsp3) is 0.455. The van der Waals surface area contributed by atoms with Gasteiger partial charge in [-0.3, -0.25) is 0 Å². The van der Waals surface area contributed by atoms with Gasteiger partial charge >= 0.3 is 0 Å². The van der Waals surface area contributed by atoms with E-state index in [2.05, 4.69) is 44.8 Å². The largest absolute Gasteiger partial charge is 0.381 e. The summed E-state index contributed by atoms with van der Waals surface area (Å²) in [5.41, 5.74) is 2.71. The molecule has 1 aliphatic rings. The van der Waals surface area contributed by atoms with Crippen LogP contribution in [-0.4, -0.2) is 19.6 Å². The van der Waals surface area contributed by atoms with Gasteiger partial charge in [-0.25, -0.2) is 0 Å². The van der Waals surface area contributed by atoms with E-state index < -0.39 is 0 Å². The number of halogens is 1. The maximum absolute atomic E-state index is 3.55. The number of rotatable bonds is 2. The molecule has 2 nitrogen and oxygen atoms in total. The summed E-state index contributed by atoms with van der Waals surface area (Å²) >= 11 is 3.49. The van der Waals surface area contributed by atoms with Crippen molar-refractivity contribution in [2.45, 2.75) is 18.9 Å². The van der Waals surface area contributed by atoms with E-state index in [1.54, 1.807) is 0 Å². The maximum Gasteiger partial charge on any atom is 0.0389 e. The fourth-order valence-corrected chi connectivity index (χ4v) is 2.28. The molecule has 0 saturated carbocycles. The van der Waals surface area contributed by atoms with E-state index in [0.29, 0.717) is 6.04 Å². The number of anilines is 1. The third-order valence-corrected chi connectivity index (χ3v) is 3.14. The second-order valence-corrected chi connectivity index (χ2v) is 4.65. The van der Waals surface area contributed by atoms with Gasteiger partial charge in [-0.1, -0.05) is 22.0 Å². The molecule has 0 bridgehead atoms. The zero-order valence-electron chi connectivity index (χ0n) is 8.31. The molecular weight excluding hydrogens is 240 g/mol. The van der Waals surface area contributed by atoms with Crippen LogP contribution in [0.4, 0.5) is 5.69 Å². The molecular formula is C11H15BrN2. The molecule has 0 saturated heterocycles. The quantitative estimate of drug-likeness (QED) is 0.847. The van der Waals surface area contributed by atoms with Crippen LogP contribution in [0.2, 0.25) is 0 Å². The molecule has 0 amide bonds. The highest BCUT2D eigenvalue weighted by atomic mass is 79.9. The Morgan fingerprint density at radius 1 is 1.57 bits per heavy atom. The fourth-order valence-electron chi connectivity index (χ4n) is 1.92. The first kappa shape index (κ1) is 9.99. The van der Waals surface area contributed by atoms with Gasteiger partial charge in [0.15, 0.2) is 0 Å². The van der Waals surface area contributed by atoms with Crippen LogP contribution in [0.25, 0.3) is 0 Å². The molecule has 2 rings (SSSR count). The van der Waals surface area contributed by atoms with Gasteiger partial charge in [0.25, 0.3) is 0 Å². The molecule has 76 valence electrons. The lowest BCUT2D eigenvalue weighted by atomic mass is 9.98. The number of likely N-dealkylation sites (N-methyl/N-ethyl adjacent to an activating group) is 1. The van der Waals surface area contributed by atoms with E-state index in [1.165, 1.54) is 24.1 Å². The van der Waals surface area contributed by atoms with E-state index in [1.807, 2.05) is 7.05 Å². The van der Waals surface area contributed by atoms with Gasteiger partial charge in [0.1, 0.15) is 0 Å². The summed E-state index contributed by atoms with van der Waals surface area (Å²) in [6, 6.07) is 7.04. The zero-order valence-corrected chi connectivity index (χ0v) is 9.89. The highest BCUT2D eigenvalue weighted by molar-refractivity contribution is 9.10. The first-order valence-corrected chi connectivity index (χ1v) is 5.78. The van der Waals surface area contributed by atoms with E-state index in [0.717, 1.165) is 11.0 Å². The number of aryl methyl sites for hydroxylation is 1. The Balaban J connectivity index is 2.16. The molecule has 1 aromatic carbocycles. The zero-order chi connectivity index (χ0) is 9.97. The summed E-state index contributed by atoms with van der Waals surface area (Å²) < 4.78 is 1.15. The first-order chi connectivity index (χ1) is 6.79.